The minimum Gasteiger partial charge on any atom is -0.508 e. The molecule has 0 saturated carbocycles. The molecule has 3 fully saturated rings. The van der Waals surface area contributed by atoms with E-state index in [9.17, 15) is 66.4 Å². The molecule has 57 heavy (non-hydrogen) atoms. The molecule has 0 spiro atoms. The molecular weight excluding hydrogens is 772 g/mol. The van der Waals surface area contributed by atoms with Crippen molar-refractivity contribution in [3.63, 3.8) is 0 Å². The van der Waals surface area contributed by atoms with Crippen LogP contribution >= 0.6 is 0 Å². The molecule has 13 N–H and O–H groups in total. The van der Waals surface area contributed by atoms with Gasteiger partial charge in [0.25, 0.3) is 0 Å². The zero-order valence-electron chi connectivity index (χ0n) is 30.2. The van der Waals surface area contributed by atoms with Gasteiger partial charge in [0.2, 0.25) is 12.0 Å². The van der Waals surface area contributed by atoms with Crippen molar-refractivity contribution >= 4 is 6.08 Å². The summed E-state index contributed by atoms with van der Waals surface area (Å²) in [6.45, 7) is -2.09. The molecule has 22 heteroatoms. The molecular formula is C35H46O22. The molecule has 6 rings (SSSR count). The molecule has 16 unspecified atom stereocenters. The number of hydrogen-bond acceptors (Lipinski definition) is 22. The van der Waals surface area contributed by atoms with Crippen molar-refractivity contribution in [1.29, 1.82) is 0 Å². The molecule has 0 aromatic heterocycles. The van der Waals surface area contributed by atoms with Crippen LogP contribution in [0.25, 0.3) is 6.08 Å². The van der Waals surface area contributed by atoms with Crippen LogP contribution in [0.15, 0.2) is 30.0 Å². The van der Waals surface area contributed by atoms with Crippen LogP contribution in [0.5, 0.6) is 34.5 Å². The molecule has 0 aliphatic carbocycles. The minimum atomic E-state index is -1.93. The number of hydrogen-bond donors (Lipinski definition) is 13. The van der Waals surface area contributed by atoms with Crippen molar-refractivity contribution in [2.45, 2.75) is 98.2 Å². The predicted octanol–water partition coefficient (Wildman–Crippen LogP) is -4.24. The molecule has 0 radical (unpaired) electrons. The lowest BCUT2D eigenvalue weighted by molar-refractivity contribution is -0.341. The van der Waals surface area contributed by atoms with E-state index in [0.717, 1.165) is 6.07 Å². The van der Waals surface area contributed by atoms with E-state index in [1.54, 1.807) is 0 Å². The molecule has 22 nitrogen and oxygen atoms in total. The molecule has 4 aliphatic rings. The maximum atomic E-state index is 11.0. The van der Waals surface area contributed by atoms with Gasteiger partial charge in [0.1, 0.15) is 96.3 Å². The summed E-state index contributed by atoms with van der Waals surface area (Å²) in [6, 6.07) is 5.01. The van der Waals surface area contributed by atoms with Crippen molar-refractivity contribution < 1.29 is 109 Å². The fraction of sp³-hybridized carbons (Fsp3) is 0.600. The Morgan fingerprint density at radius 1 is 0.579 bits per heavy atom. The van der Waals surface area contributed by atoms with Gasteiger partial charge in [0.05, 0.1) is 39.6 Å². The third-order valence-corrected chi connectivity index (χ3v) is 9.99. The van der Waals surface area contributed by atoms with Gasteiger partial charge < -0.3 is 109 Å². The van der Waals surface area contributed by atoms with E-state index in [2.05, 4.69) is 0 Å². The molecule has 0 bridgehead atoms. The average Bonchev–Trinajstić information content (AvgIpc) is 3.19. The van der Waals surface area contributed by atoms with E-state index in [-0.39, 0.29) is 45.6 Å². The van der Waals surface area contributed by atoms with Gasteiger partial charge in [-0.3, -0.25) is 0 Å². The van der Waals surface area contributed by atoms with Gasteiger partial charge in [0, 0.05) is 17.7 Å². The molecule has 0 amide bonds. The van der Waals surface area contributed by atoms with E-state index in [1.807, 2.05) is 0 Å². The summed E-state index contributed by atoms with van der Waals surface area (Å²) in [5.74, 6) is -1.32. The van der Waals surface area contributed by atoms with Crippen molar-refractivity contribution in [2.24, 2.45) is 0 Å². The number of aliphatic hydroxyl groups is 10. The van der Waals surface area contributed by atoms with E-state index in [0.29, 0.717) is 0 Å². The maximum Gasteiger partial charge on any atom is 0.228 e. The lowest BCUT2D eigenvalue weighted by Gasteiger charge is -2.44. The SMILES string of the molecule is COc1cc(C2Oc3cc(O)cc(O)c3C=C2OC2OC(COC3OC(COC4OC(CO)C(O)C(O)C4O)C(O)C(O)C3O)C(O)C(O)C2O)cc(OC)c1O. The summed E-state index contributed by atoms with van der Waals surface area (Å²) in [5.41, 5.74) is 0.276. The second kappa shape index (κ2) is 17.6. The highest BCUT2D eigenvalue weighted by molar-refractivity contribution is 5.70. The summed E-state index contributed by atoms with van der Waals surface area (Å²) >= 11 is 0. The van der Waals surface area contributed by atoms with Crippen LogP contribution in [0.3, 0.4) is 0 Å². The minimum absolute atomic E-state index is 0.00191. The summed E-state index contributed by atoms with van der Waals surface area (Å²) in [4.78, 5) is 0. The predicted molar refractivity (Wildman–Crippen MR) is 182 cm³/mol. The van der Waals surface area contributed by atoms with Gasteiger partial charge in [0.15, 0.2) is 30.2 Å². The number of phenolic OH excluding ortho intramolecular Hbond substituents is 3. The molecule has 2 aromatic carbocycles. The fourth-order valence-electron chi connectivity index (χ4n) is 6.70. The van der Waals surface area contributed by atoms with Crippen LogP contribution < -0.4 is 14.2 Å². The Labute approximate surface area is 323 Å². The second-order valence-corrected chi connectivity index (χ2v) is 13.7. The Balaban J connectivity index is 1.18. The normalized spacial score (nSPS) is 38.1. The summed E-state index contributed by atoms with van der Waals surface area (Å²) in [7, 11) is 2.58. The highest BCUT2D eigenvalue weighted by Crippen LogP contribution is 2.47. The first-order valence-corrected chi connectivity index (χ1v) is 17.6. The van der Waals surface area contributed by atoms with Crippen LogP contribution in [0.1, 0.15) is 17.2 Å². The Bertz CT molecular complexity index is 1700. The molecule has 16 atom stereocenters. The number of phenols is 3. The van der Waals surface area contributed by atoms with E-state index >= 15 is 0 Å². The van der Waals surface area contributed by atoms with Crippen LogP contribution in [-0.2, 0) is 28.4 Å². The third kappa shape index (κ3) is 8.52. The Morgan fingerprint density at radius 2 is 1.05 bits per heavy atom. The monoisotopic (exact) mass is 818 g/mol. The first kappa shape index (κ1) is 42.8. The van der Waals surface area contributed by atoms with E-state index in [1.165, 1.54) is 38.5 Å². The Kier molecular flexibility index (Phi) is 13.2. The van der Waals surface area contributed by atoms with Gasteiger partial charge in [-0.25, -0.2) is 0 Å². The molecule has 318 valence electrons. The highest BCUT2D eigenvalue weighted by atomic mass is 16.7. The standard InChI is InChI=1S/C35H46O22/c1-49-16-3-11(4-17(50-2)22(16)39)32-18(7-13-14(38)5-12(37)6-15(13)53-32)54-35-31(48)28(45)25(42)21(57-35)10-52-34-30(47)27(44)24(41)20(56-34)9-51-33-29(46)26(43)23(40)19(8-36)55-33/h3-7,19-21,23-48H,8-10H2,1-2H3. The largest absolute Gasteiger partial charge is 0.508 e. The first-order chi connectivity index (χ1) is 27.1. The van der Waals surface area contributed by atoms with Gasteiger partial charge in [-0.05, 0) is 18.2 Å². The van der Waals surface area contributed by atoms with Crippen LogP contribution in [0.2, 0.25) is 0 Å². The Hall–Kier alpha value is -3.82. The quantitative estimate of drug-likeness (QED) is 0.0965. The third-order valence-electron chi connectivity index (χ3n) is 9.99. The van der Waals surface area contributed by atoms with E-state index in [4.69, 9.17) is 42.6 Å². The molecule has 3 saturated heterocycles. The highest BCUT2D eigenvalue weighted by Gasteiger charge is 2.50. The van der Waals surface area contributed by atoms with Gasteiger partial charge in [-0.15, -0.1) is 0 Å². The number of benzene rings is 2. The number of aliphatic hydroxyl groups excluding tert-OH is 10. The average molecular weight is 819 g/mol. The number of methoxy groups -OCH3 is 2. The number of aromatic hydroxyl groups is 3. The van der Waals surface area contributed by atoms with Crippen molar-refractivity contribution in [3.8, 4) is 34.5 Å². The van der Waals surface area contributed by atoms with Crippen molar-refractivity contribution in [2.75, 3.05) is 34.0 Å². The zero-order chi connectivity index (χ0) is 41.5. The zero-order valence-corrected chi connectivity index (χ0v) is 30.2. The topological polar surface area (TPSA) is 346 Å². The number of rotatable bonds is 12. The molecule has 4 aliphatic heterocycles. The molecule has 2 aromatic rings. The number of fused-ring (bicyclic) bond motifs is 1. The molecule has 4 heterocycles. The van der Waals surface area contributed by atoms with Gasteiger partial charge in [-0.2, -0.15) is 0 Å². The van der Waals surface area contributed by atoms with Crippen LogP contribution in [0, 0.1) is 0 Å². The van der Waals surface area contributed by atoms with Crippen LogP contribution in [-0.4, -0.2) is 193 Å². The first-order valence-electron chi connectivity index (χ1n) is 17.6. The summed E-state index contributed by atoms with van der Waals surface area (Å²) < 4.78 is 50.4. The second-order valence-electron chi connectivity index (χ2n) is 13.7. The lowest BCUT2D eigenvalue weighted by Crippen LogP contribution is -2.62. The summed E-state index contributed by atoms with van der Waals surface area (Å²) in [5, 5.41) is 135. The van der Waals surface area contributed by atoms with Crippen molar-refractivity contribution in [3.05, 3.63) is 41.2 Å². The lowest BCUT2D eigenvalue weighted by atomic mass is 9.97. The fourth-order valence-corrected chi connectivity index (χ4v) is 6.70. The van der Waals surface area contributed by atoms with Crippen molar-refractivity contribution in [1.82, 2.24) is 0 Å². The summed E-state index contributed by atoms with van der Waals surface area (Å²) in [6.07, 6.45) is -26.0. The number of ether oxygens (including phenoxy) is 9. The van der Waals surface area contributed by atoms with Gasteiger partial charge >= 0.3 is 0 Å². The van der Waals surface area contributed by atoms with Crippen LogP contribution in [0.4, 0.5) is 0 Å². The van der Waals surface area contributed by atoms with Gasteiger partial charge in [-0.1, -0.05) is 0 Å². The Morgan fingerprint density at radius 3 is 1.56 bits per heavy atom. The smallest absolute Gasteiger partial charge is 0.228 e. The van der Waals surface area contributed by atoms with E-state index < -0.39 is 124 Å². The maximum absolute atomic E-state index is 11.0.